The smallest absolute Gasteiger partial charge is 0.305 e. The Morgan fingerprint density at radius 3 is 1.62 bits per heavy atom. The van der Waals surface area contributed by atoms with Gasteiger partial charge < -0.3 is 119 Å². The number of aromatic nitrogens is 1. The van der Waals surface area contributed by atoms with Gasteiger partial charge in [0.15, 0.2) is 17.5 Å². The van der Waals surface area contributed by atoms with Crippen LogP contribution in [-0.4, -0.2) is 314 Å². The zero-order chi connectivity index (χ0) is 99.3. The van der Waals surface area contributed by atoms with Gasteiger partial charge in [-0.2, -0.15) is 0 Å². The van der Waals surface area contributed by atoms with Crippen molar-refractivity contribution in [1.29, 1.82) is 0 Å². The molecule has 15 amide bonds. The van der Waals surface area contributed by atoms with E-state index in [4.69, 9.17) is 20.9 Å². The number of fused-ring (bicyclic) bond motifs is 3. The number of amides is 15. The van der Waals surface area contributed by atoms with Crippen LogP contribution in [0.25, 0.3) is 10.9 Å². The van der Waals surface area contributed by atoms with Crippen LogP contribution in [0.15, 0.2) is 121 Å². The number of carboxylic acids is 2. The molecule has 3 fully saturated rings. The number of para-hydroxylation sites is 1. The van der Waals surface area contributed by atoms with Crippen molar-refractivity contribution in [3.8, 4) is 11.5 Å². The van der Waals surface area contributed by atoms with Crippen LogP contribution in [-0.2, 0) is 123 Å². The molecule has 0 unspecified atom stereocenters. The molecule has 3 saturated heterocycles. The SMILES string of the molecule is CCCC[C@H]1C(=O)N2CCOC[C@@H]2C(=O)N[C@@H](CC(=O)O)C(=O)N[C@@H](C(C)C)C(=O)N(C)[C@@H](Cc2ccccc2)C(=O)N[C@@H](CCC(=O)O)C(=O)N2CCOC[C@@H]2C(=O)N[C@@H](Cc2c[nH]c3ccccc23)C(=O)N[C@@H](Cc2ccc(O)cc2)C(=O)N[C@@H](CCCN)C(=O)N[C@H](C(=O)NCC(N)=O)CSCC(=O)N[C@@H](Cc2cc(F)c(F)c(F)c2)C(=O)N(C)[C@@H](Cc2ccc(O)cc2)C(=O)N1C. The Balaban J connectivity index is 1.15. The number of carbonyl (C=O) groups is 17. The normalized spacial score (nSPS) is 23.4. The number of aromatic hydroxyl groups is 2. The number of thioether (sulfide) groups is 1. The molecule has 4 heterocycles. The summed E-state index contributed by atoms with van der Waals surface area (Å²) in [5, 5.41) is 64.9. The Hall–Kier alpha value is -13.8. The first-order chi connectivity index (χ1) is 64.7. The lowest BCUT2D eigenvalue weighted by Crippen LogP contribution is -2.64. The number of phenolic OH excluding ortho intramolecular Hbond substituents is 2. The molecular weight excluding hydrogens is 1800 g/mol. The van der Waals surface area contributed by atoms with Gasteiger partial charge in [-0.05, 0) is 108 Å². The van der Waals surface area contributed by atoms with Crippen LogP contribution in [0.4, 0.5) is 13.2 Å². The number of carboxylic acid groups (broad SMARTS) is 2. The molecular formula is C92H116F3N17O23S. The number of phenols is 2. The van der Waals surface area contributed by atoms with Crippen molar-refractivity contribution in [2.45, 2.75) is 183 Å². The molecule has 9 rings (SSSR count). The predicted octanol–water partition coefficient (Wildman–Crippen LogP) is -0.403. The average Bonchev–Trinajstić information content (AvgIpc) is 0.938. The summed E-state index contributed by atoms with van der Waals surface area (Å²) in [6.45, 7) is 1.48. The predicted molar refractivity (Wildman–Crippen MR) is 485 cm³/mol. The highest BCUT2D eigenvalue weighted by molar-refractivity contribution is 8.00. The molecule has 3 aliphatic heterocycles. The molecule has 0 bridgehead atoms. The maximum Gasteiger partial charge on any atom is 0.305 e. The molecule has 0 radical (unpaired) electrons. The fraction of sp³-hybridized carbons (Fsp3) is 0.467. The first kappa shape index (κ1) is 106. The number of primary amides is 1. The van der Waals surface area contributed by atoms with Gasteiger partial charge in [-0.25, -0.2) is 13.2 Å². The number of H-pyrrole nitrogens is 1. The first-order valence-corrected chi connectivity index (χ1v) is 45.5. The Bertz CT molecular complexity index is 5270. The number of ether oxygens (including phenoxy) is 2. The number of benzene rings is 5. The quantitative estimate of drug-likeness (QED) is 0.0324. The molecule has 18 N–H and O–H groups in total. The van der Waals surface area contributed by atoms with Gasteiger partial charge in [-0.1, -0.05) is 106 Å². The maximum atomic E-state index is 15.7. The summed E-state index contributed by atoms with van der Waals surface area (Å²) in [6, 6.07) is 4.12. The van der Waals surface area contributed by atoms with E-state index >= 15 is 51.9 Å². The van der Waals surface area contributed by atoms with Crippen molar-refractivity contribution < 1.29 is 125 Å². The third-order valence-corrected chi connectivity index (χ3v) is 24.5. The number of rotatable bonds is 25. The summed E-state index contributed by atoms with van der Waals surface area (Å²) >= 11 is 0.620. The number of nitrogens with one attached hydrogen (secondary N) is 10. The Morgan fingerprint density at radius 1 is 0.515 bits per heavy atom. The van der Waals surface area contributed by atoms with Gasteiger partial charge in [0.25, 0.3) is 0 Å². The van der Waals surface area contributed by atoms with E-state index in [0.29, 0.717) is 57.9 Å². The minimum Gasteiger partial charge on any atom is -0.508 e. The molecule has 136 heavy (non-hydrogen) atoms. The van der Waals surface area contributed by atoms with Gasteiger partial charge >= 0.3 is 11.9 Å². The highest BCUT2D eigenvalue weighted by Gasteiger charge is 2.46. The fourth-order valence-corrected chi connectivity index (χ4v) is 16.8. The molecule has 0 saturated carbocycles. The molecule has 13 atom stereocenters. The summed E-state index contributed by atoms with van der Waals surface area (Å²) in [4.78, 5) is 258. The number of hydrogen-bond donors (Lipinski definition) is 16. The summed E-state index contributed by atoms with van der Waals surface area (Å²) in [6.07, 6.45) is -3.18. The van der Waals surface area contributed by atoms with E-state index in [1.165, 1.54) is 76.5 Å². The molecule has 44 heteroatoms. The van der Waals surface area contributed by atoms with Gasteiger partial charge in [-0.15, -0.1) is 11.8 Å². The zero-order valence-corrected chi connectivity index (χ0v) is 76.7. The summed E-state index contributed by atoms with van der Waals surface area (Å²) < 4.78 is 56.7. The lowest BCUT2D eigenvalue weighted by Gasteiger charge is -2.41. The largest absolute Gasteiger partial charge is 0.508 e. The number of halogens is 3. The number of aliphatic carboxylic acids is 2. The number of likely N-dealkylation sites (N-methyl/N-ethyl adjacent to an activating group) is 3. The number of nitrogens with two attached hydrogens (primary N) is 2. The summed E-state index contributed by atoms with van der Waals surface area (Å²) in [5.74, 6) is -27.2. The Morgan fingerprint density at radius 2 is 1.03 bits per heavy atom. The minimum absolute atomic E-state index is 0.00477. The second-order valence-corrected chi connectivity index (χ2v) is 34.8. The number of nitrogens with zero attached hydrogens (tertiary/aromatic N) is 5. The molecule has 3 aliphatic rings. The van der Waals surface area contributed by atoms with E-state index in [0.717, 1.165) is 31.5 Å². The zero-order valence-electron chi connectivity index (χ0n) is 75.9. The maximum absolute atomic E-state index is 15.7. The van der Waals surface area contributed by atoms with Crippen molar-refractivity contribution in [2.24, 2.45) is 17.4 Å². The van der Waals surface area contributed by atoms with Crippen LogP contribution in [0.3, 0.4) is 0 Å². The van der Waals surface area contributed by atoms with E-state index in [-0.39, 0.29) is 81.9 Å². The molecule has 0 spiro atoms. The fourth-order valence-electron chi connectivity index (χ4n) is 15.9. The number of aromatic amines is 1. The van der Waals surface area contributed by atoms with E-state index in [2.05, 4.69) is 52.8 Å². The third kappa shape index (κ3) is 29.6. The number of carbonyl (C=O) groups excluding carboxylic acids is 15. The van der Waals surface area contributed by atoms with Gasteiger partial charge in [0.1, 0.15) is 90.0 Å². The van der Waals surface area contributed by atoms with Gasteiger partial charge in [-0.3, -0.25) is 81.5 Å². The minimum atomic E-state index is -2.05. The van der Waals surface area contributed by atoms with Crippen LogP contribution < -0.4 is 59.3 Å². The molecule has 6 aromatic rings. The molecule has 734 valence electrons. The van der Waals surface area contributed by atoms with E-state index < -0.39 is 284 Å². The summed E-state index contributed by atoms with van der Waals surface area (Å²) in [5.41, 5.74) is 13.0. The topological polar surface area (TPSA) is 582 Å². The molecule has 0 aliphatic carbocycles. The van der Waals surface area contributed by atoms with Crippen LogP contribution in [0, 0.1) is 23.4 Å². The van der Waals surface area contributed by atoms with Crippen LogP contribution in [0.2, 0.25) is 0 Å². The monoisotopic (exact) mass is 1920 g/mol. The second-order valence-electron chi connectivity index (χ2n) is 33.7. The third-order valence-electron chi connectivity index (χ3n) is 23.5. The van der Waals surface area contributed by atoms with Crippen molar-refractivity contribution >= 4 is 123 Å². The lowest BCUT2D eigenvalue weighted by atomic mass is 9.98. The number of hydrogen-bond acceptors (Lipinski definition) is 23. The van der Waals surface area contributed by atoms with Crippen molar-refractivity contribution in [3.63, 3.8) is 0 Å². The van der Waals surface area contributed by atoms with Crippen LogP contribution >= 0.6 is 11.8 Å². The standard InChI is InChI=1S/C92H116F3N17O23S/c1-7-8-20-69-91(132)112-33-35-135-47-73(112)87(128)105-66(43-77(119)120)84(125)107-79(50(2)3)92(133)109(5)70(40-51-15-10-9-11-16-51)85(126)102-63(29-30-76(117)118)89(130)111-32-34-134-46-72(111)86(127)104-65(42-55-44-98-61-18-13-12-17-58(55)61)83(124)103-64(38-52-21-25-56(113)26-22-52)82(123)101-62(19-14-31-96)81(122)106-68(80(121)99-45-74(97)115)48-136-49-75(116)100-67(39-54-36-59(93)78(95)60(94)37-54)88(129)110(6)71(90(131)108(69)4)41-53-23-27-57(114)28-24-53/h9-13,15-18,21-28,36-37,44,50,62-73,79,98,113-114H,7-8,14,19-20,29-35,38-43,45-49,96H2,1-6H3,(H2,97,115)(H,99,121)(H,100,116)(H,101,123)(H,102,126)(H,103,124)(H,104,127)(H,105,128)(H,106,122)(H,107,125)(H,117,118)(H,119,120)/t62-,63-,64-,65-,66-,67-,68-,69-,70-,71-,72+,73+,79-/m0/s1. The number of morpholine rings is 2. The van der Waals surface area contributed by atoms with Gasteiger partial charge in [0.2, 0.25) is 88.6 Å². The summed E-state index contributed by atoms with van der Waals surface area (Å²) in [7, 11) is 3.54. The Labute approximate surface area is 785 Å². The van der Waals surface area contributed by atoms with Crippen molar-refractivity contribution in [1.82, 2.24) is 77.3 Å². The first-order valence-electron chi connectivity index (χ1n) is 44.3. The lowest BCUT2D eigenvalue weighted by molar-refractivity contribution is -0.158. The average molecular weight is 1920 g/mol. The highest BCUT2D eigenvalue weighted by atomic mass is 32.2. The van der Waals surface area contributed by atoms with Gasteiger partial charge in [0.05, 0.1) is 45.1 Å². The van der Waals surface area contributed by atoms with Gasteiger partial charge in [0, 0.05) is 95.6 Å². The molecule has 40 nitrogen and oxygen atoms in total. The van der Waals surface area contributed by atoms with Crippen LogP contribution in [0.5, 0.6) is 11.5 Å². The van der Waals surface area contributed by atoms with E-state index in [1.807, 2.05) is 0 Å². The van der Waals surface area contributed by atoms with E-state index in [1.54, 1.807) is 67.7 Å². The second kappa shape index (κ2) is 50.5. The van der Waals surface area contributed by atoms with Crippen molar-refractivity contribution in [2.75, 3.05) is 85.3 Å². The molecule has 5 aromatic carbocycles. The van der Waals surface area contributed by atoms with Crippen molar-refractivity contribution in [3.05, 3.63) is 167 Å². The van der Waals surface area contributed by atoms with Crippen LogP contribution in [0.1, 0.15) is 100.0 Å². The molecule has 1 aromatic heterocycles. The Kier molecular flexibility index (Phi) is 39.4. The number of unbranched alkanes of at least 4 members (excludes halogenated alkanes) is 1. The highest BCUT2D eigenvalue weighted by Crippen LogP contribution is 2.27. The van der Waals surface area contributed by atoms with E-state index in [9.17, 15) is 63.2 Å².